The van der Waals surface area contributed by atoms with Gasteiger partial charge in [0.05, 0.1) is 7.11 Å². The number of aromatic hydroxyl groups is 1. The summed E-state index contributed by atoms with van der Waals surface area (Å²) in [5.41, 5.74) is 1.10. The lowest BCUT2D eigenvalue weighted by molar-refractivity contribution is -0.123. The molecule has 0 bridgehead atoms. The molecule has 152 valence electrons. The van der Waals surface area contributed by atoms with E-state index < -0.39 is 0 Å². The first-order chi connectivity index (χ1) is 13.5. The van der Waals surface area contributed by atoms with Gasteiger partial charge in [0.25, 0.3) is 0 Å². The lowest BCUT2D eigenvalue weighted by atomic mass is 10.2. The van der Waals surface area contributed by atoms with Crippen molar-refractivity contribution in [1.82, 2.24) is 25.0 Å². The third kappa shape index (κ3) is 4.81. The summed E-state index contributed by atoms with van der Waals surface area (Å²) >= 11 is 0. The second-order valence-corrected chi connectivity index (χ2v) is 7.41. The van der Waals surface area contributed by atoms with Crippen LogP contribution in [-0.4, -0.2) is 57.4 Å². The monoisotopic (exact) mass is 387 g/mol. The number of carbonyl (C=O) groups is 1. The minimum absolute atomic E-state index is 0.0115. The average Bonchev–Trinajstić information content (AvgIpc) is 2.95. The molecular formula is C20H29N5O3. The summed E-state index contributed by atoms with van der Waals surface area (Å²) in [6, 6.07) is 5.47. The van der Waals surface area contributed by atoms with E-state index in [4.69, 9.17) is 4.74 Å². The fraction of sp³-hybridized carbons (Fsp3) is 0.550. The lowest BCUT2D eigenvalue weighted by Gasteiger charge is -2.20. The van der Waals surface area contributed by atoms with E-state index in [2.05, 4.69) is 25.0 Å². The van der Waals surface area contributed by atoms with Crippen LogP contribution >= 0.6 is 0 Å². The molecule has 0 saturated carbocycles. The van der Waals surface area contributed by atoms with E-state index in [1.807, 2.05) is 26.0 Å². The van der Waals surface area contributed by atoms with Crippen LogP contribution in [0.25, 0.3) is 0 Å². The first-order valence-corrected chi connectivity index (χ1v) is 9.75. The van der Waals surface area contributed by atoms with E-state index >= 15 is 0 Å². The van der Waals surface area contributed by atoms with Crippen LogP contribution in [0, 0.1) is 5.92 Å². The van der Waals surface area contributed by atoms with E-state index in [0.29, 0.717) is 18.7 Å². The Labute approximate surface area is 165 Å². The van der Waals surface area contributed by atoms with E-state index in [-0.39, 0.29) is 17.6 Å². The van der Waals surface area contributed by atoms with Crippen molar-refractivity contribution in [3.05, 3.63) is 35.4 Å². The number of rotatable bonds is 7. The number of nitrogens with zero attached hydrogens (tertiary/aromatic N) is 4. The molecule has 2 aromatic rings. The quantitative estimate of drug-likeness (QED) is 0.745. The Hall–Kier alpha value is -2.61. The molecule has 1 aromatic heterocycles. The molecule has 0 unspecified atom stereocenters. The Balaban J connectivity index is 1.58. The maximum absolute atomic E-state index is 11.7. The lowest BCUT2D eigenvalue weighted by Crippen LogP contribution is -2.30. The summed E-state index contributed by atoms with van der Waals surface area (Å²) in [6.07, 6.45) is 1.52. The summed E-state index contributed by atoms with van der Waals surface area (Å²) in [4.78, 5) is 14.1. The third-order valence-corrected chi connectivity index (χ3v) is 5.02. The zero-order chi connectivity index (χ0) is 20.1. The molecule has 2 heterocycles. The van der Waals surface area contributed by atoms with E-state index in [1.165, 1.54) is 0 Å². The molecule has 1 aromatic carbocycles. The van der Waals surface area contributed by atoms with Gasteiger partial charge in [0.1, 0.15) is 11.6 Å². The van der Waals surface area contributed by atoms with Crippen molar-refractivity contribution in [2.75, 3.05) is 26.7 Å². The molecule has 0 saturated heterocycles. The van der Waals surface area contributed by atoms with Crippen molar-refractivity contribution in [3.63, 3.8) is 0 Å². The number of methoxy groups -OCH3 is 1. The number of carbonyl (C=O) groups excluding carboxylic acids is 1. The molecule has 1 amide bonds. The van der Waals surface area contributed by atoms with Crippen LogP contribution in [-0.2, 0) is 30.7 Å². The highest BCUT2D eigenvalue weighted by Crippen LogP contribution is 2.27. The van der Waals surface area contributed by atoms with Crippen molar-refractivity contribution in [2.45, 2.75) is 39.8 Å². The predicted octanol–water partition coefficient (Wildman–Crippen LogP) is 1.37. The van der Waals surface area contributed by atoms with Crippen LogP contribution in [0.1, 0.15) is 31.1 Å². The van der Waals surface area contributed by atoms with Gasteiger partial charge in [-0.2, -0.15) is 0 Å². The van der Waals surface area contributed by atoms with Gasteiger partial charge in [-0.05, 0) is 17.7 Å². The van der Waals surface area contributed by atoms with Crippen molar-refractivity contribution in [1.29, 1.82) is 0 Å². The number of hydrogen-bond acceptors (Lipinski definition) is 6. The van der Waals surface area contributed by atoms with Crippen LogP contribution in [0.15, 0.2) is 18.2 Å². The summed E-state index contributed by atoms with van der Waals surface area (Å²) in [7, 11) is 1.56. The topological polar surface area (TPSA) is 92.5 Å². The molecule has 0 radical (unpaired) electrons. The molecule has 8 heteroatoms. The van der Waals surface area contributed by atoms with Crippen LogP contribution in [0.4, 0.5) is 0 Å². The van der Waals surface area contributed by atoms with Gasteiger partial charge in [-0.25, -0.2) is 0 Å². The normalized spacial score (nSPS) is 14.6. The Morgan fingerprint density at radius 1 is 1.29 bits per heavy atom. The van der Waals surface area contributed by atoms with Crippen LogP contribution in [0.5, 0.6) is 11.5 Å². The SMILES string of the molecule is COc1cc(CN2CCc3nnc(CCNC(=O)C(C)C)n3CC2)ccc1O. The zero-order valence-electron chi connectivity index (χ0n) is 16.8. The molecular weight excluding hydrogens is 358 g/mol. The number of hydrogen-bond donors (Lipinski definition) is 2. The fourth-order valence-electron chi connectivity index (χ4n) is 3.35. The standard InChI is InChI=1S/C20H29N5O3/c1-14(2)20(27)21-8-6-18-22-23-19-7-9-24(10-11-25(18)19)13-15-4-5-16(26)17(12-15)28-3/h4-5,12,14,26H,6-11,13H2,1-3H3,(H,21,27). The van der Waals surface area contributed by atoms with Crippen molar-refractivity contribution in [2.24, 2.45) is 5.92 Å². The average molecular weight is 387 g/mol. The molecule has 3 rings (SSSR count). The number of phenols is 1. The molecule has 1 aliphatic heterocycles. The number of aromatic nitrogens is 3. The maximum atomic E-state index is 11.7. The van der Waals surface area contributed by atoms with Gasteiger partial charge in [0, 0.05) is 51.5 Å². The molecule has 28 heavy (non-hydrogen) atoms. The van der Waals surface area contributed by atoms with E-state index in [1.54, 1.807) is 13.2 Å². The highest BCUT2D eigenvalue weighted by molar-refractivity contribution is 5.77. The number of ether oxygens (including phenoxy) is 1. The Morgan fingerprint density at radius 3 is 2.86 bits per heavy atom. The number of amides is 1. The van der Waals surface area contributed by atoms with Gasteiger partial charge in [0.15, 0.2) is 11.5 Å². The summed E-state index contributed by atoms with van der Waals surface area (Å²) in [5, 5.41) is 21.4. The largest absolute Gasteiger partial charge is 0.504 e. The van der Waals surface area contributed by atoms with Crippen LogP contribution in [0.2, 0.25) is 0 Å². The first kappa shape index (κ1) is 20.1. The molecule has 0 fully saturated rings. The van der Waals surface area contributed by atoms with Gasteiger partial charge < -0.3 is 19.7 Å². The Kier molecular flexibility index (Phi) is 6.51. The van der Waals surface area contributed by atoms with Gasteiger partial charge in [-0.15, -0.1) is 10.2 Å². The molecule has 8 nitrogen and oxygen atoms in total. The number of nitrogens with one attached hydrogen (secondary N) is 1. The third-order valence-electron chi connectivity index (χ3n) is 5.02. The minimum Gasteiger partial charge on any atom is -0.504 e. The van der Waals surface area contributed by atoms with Gasteiger partial charge >= 0.3 is 0 Å². The minimum atomic E-state index is -0.0115. The number of benzene rings is 1. The van der Waals surface area contributed by atoms with Crippen LogP contribution < -0.4 is 10.1 Å². The highest BCUT2D eigenvalue weighted by atomic mass is 16.5. The molecule has 0 spiro atoms. The predicted molar refractivity (Wildman–Crippen MR) is 105 cm³/mol. The van der Waals surface area contributed by atoms with Crippen molar-refractivity contribution < 1.29 is 14.6 Å². The van der Waals surface area contributed by atoms with Gasteiger partial charge in [-0.1, -0.05) is 19.9 Å². The van der Waals surface area contributed by atoms with Crippen molar-refractivity contribution in [3.8, 4) is 11.5 Å². The summed E-state index contributed by atoms with van der Waals surface area (Å²) in [6.45, 7) is 7.74. The fourth-order valence-corrected chi connectivity index (χ4v) is 3.35. The summed E-state index contributed by atoms with van der Waals surface area (Å²) in [5.74, 6) is 2.62. The molecule has 1 aliphatic rings. The smallest absolute Gasteiger partial charge is 0.222 e. The van der Waals surface area contributed by atoms with E-state index in [9.17, 15) is 9.90 Å². The number of fused-ring (bicyclic) bond motifs is 1. The maximum Gasteiger partial charge on any atom is 0.222 e. The highest BCUT2D eigenvalue weighted by Gasteiger charge is 2.19. The van der Waals surface area contributed by atoms with Gasteiger partial charge in [0.2, 0.25) is 5.91 Å². The molecule has 0 aliphatic carbocycles. The van der Waals surface area contributed by atoms with E-state index in [0.717, 1.165) is 49.8 Å². The van der Waals surface area contributed by atoms with Crippen molar-refractivity contribution >= 4 is 5.91 Å². The summed E-state index contributed by atoms with van der Waals surface area (Å²) < 4.78 is 7.38. The second-order valence-electron chi connectivity index (χ2n) is 7.41. The van der Waals surface area contributed by atoms with Gasteiger partial charge in [-0.3, -0.25) is 9.69 Å². The zero-order valence-corrected chi connectivity index (χ0v) is 16.8. The number of phenolic OH excluding ortho intramolecular Hbond substituents is 1. The Morgan fingerprint density at radius 2 is 2.11 bits per heavy atom. The molecule has 2 N–H and O–H groups in total. The first-order valence-electron chi connectivity index (χ1n) is 9.75. The molecule has 0 atom stereocenters. The Bertz CT molecular complexity index is 818. The second kappa shape index (κ2) is 9.05. The van der Waals surface area contributed by atoms with Crippen LogP contribution in [0.3, 0.4) is 0 Å².